The van der Waals surface area contributed by atoms with Crippen molar-refractivity contribution in [3.63, 3.8) is 0 Å². The van der Waals surface area contributed by atoms with Gasteiger partial charge in [0.15, 0.2) is 24.7 Å². The van der Waals surface area contributed by atoms with Crippen molar-refractivity contribution in [3.05, 3.63) is 24.3 Å². The van der Waals surface area contributed by atoms with E-state index in [-0.39, 0.29) is 0 Å². The van der Waals surface area contributed by atoms with Crippen LogP contribution in [0.2, 0.25) is 0 Å². The fraction of sp³-hybridized carbons (Fsp3) is 0.714. The SMILES string of the molecule is FCC(F)C(F)C(F)C1C=CC(C(F)C(F)C(F)CF)C=C1. The summed E-state index contributed by atoms with van der Waals surface area (Å²) in [4.78, 5) is 0. The maximum absolute atomic E-state index is 13.6. The first-order chi connectivity index (χ1) is 10.3. The van der Waals surface area contributed by atoms with Gasteiger partial charge in [0.1, 0.15) is 25.7 Å². The van der Waals surface area contributed by atoms with Gasteiger partial charge < -0.3 is 0 Å². The van der Waals surface area contributed by atoms with Crippen LogP contribution in [0.5, 0.6) is 0 Å². The number of allylic oxidation sites excluding steroid dienone is 4. The Balaban J connectivity index is 2.64. The third kappa shape index (κ3) is 4.46. The van der Waals surface area contributed by atoms with Crippen LogP contribution in [0, 0.1) is 11.8 Å². The molecule has 128 valence electrons. The number of rotatable bonds is 8. The van der Waals surface area contributed by atoms with E-state index >= 15 is 0 Å². The molecule has 0 radical (unpaired) electrons. The molecule has 1 aliphatic rings. The largest absolute Gasteiger partial charge is 0.248 e. The molecule has 22 heavy (non-hydrogen) atoms. The van der Waals surface area contributed by atoms with Gasteiger partial charge in [-0.1, -0.05) is 24.3 Å². The molecule has 0 aromatic heterocycles. The highest BCUT2D eigenvalue weighted by Crippen LogP contribution is 2.30. The first-order valence-corrected chi connectivity index (χ1v) is 6.66. The van der Waals surface area contributed by atoms with E-state index in [2.05, 4.69) is 0 Å². The highest BCUT2D eigenvalue weighted by atomic mass is 19.2. The summed E-state index contributed by atoms with van der Waals surface area (Å²) >= 11 is 0. The summed E-state index contributed by atoms with van der Waals surface area (Å²) < 4.78 is 103. The molecule has 0 saturated heterocycles. The van der Waals surface area contributed by atoms with Crippen molar-refractivity contribution in [2.45, 2.75) is 37.0 Å². The first-order valence-electron chi connectivity index (χ1n) is 6.66. The first kappa shape index (κ1) is 19.0. The normalized spacial score (nSPS) is 29.6. The van der Waals surface area contributed by atoms with Crippen LogP contribution in [0.3, 0.4) is 0 Å². The molecule has 0 aromatic carbocycles. The fourth-order valence-corrected chi connectivity index (χ4v) is 2.06. The number of halogens is 8. The van der Waals surface area contributed by atoms with Crippen LogP contribution in [0.25, 0.3) is 0 Å². The number of alkyl halides is 8. The Kier molecular flexibility index (Phi) is 7.35. The lowest BCUT2D eigenvalue weighted by Crippen LogP contribution is -2.36. The second-order valence-corrected chi connectivity index (χ2v) is 5.04. The average molecular weight is 336 g/mol. The van der Waals surface area contributed by atoms with Crippen LogP contribution in [-0.2, 0) is 0 Å². The Hall–Kier alpha value is -1.08. The molecule has 1 rings (SSSR count). The Morgan fingerprint density at radius 1 is 0.591 bits per heavy atom. The minimum absolute atomic E-state index is 0.967. The van der Waals surface area contributed by atoms with Crippen molar-refractivity contribution in [1.82, 2.24) is 0 Å². The molecule has 0 aromatic rings. The summed E-state index contributed by atoms with van der Waals surface area (Å²) in [5.74, 6) is -2.55. The monoisotopic (exact) mass is 336 g/mol. The topological polar surface area (TPSA) is 0 Å². The van der Waals surface area contributed by atoms with Gasteiger partial charge in [0.25, 0.3) is 0 Å². The van der Waals surface area contributed by atoms with Crippen LogP contribution in [0.15, 0.2) is 24.3 Å². The lowest BCUT2D eigenvalue weighted by molar-refractivity contribution is 0.0502. The van der Waals surface area contributed by atoms with Crippen molar-refractivity contribution in [2.75, 3.05) is 13.3 Å². The Morgan fingerprint density at radius 3 is 1.09 bits per heavy atom. The maximum atomic E-state index is 13.6. The molecule has 0 fully saturated rings. The van der Waals surface area contributed by atoms with Gasteiger partial charge in [-0.05, 0) is 0 Å². The van der Waals surface area contributed by atoms with E-state index in [1.54, 1.807) is 0 Å². The molecule has 0 bridgehead atoms. The Labute approximate surface area is 122 Å². The predicted octanol–water partition coefficient (Wildman–Crippen LogP) is 4.31. The molecule has 0 aliphatic heterocycles. The average Bonchev–Trinajstić information content (AvgIpc) is 2.57. The number of hydrogen-bond acceptors (Lipinski definition) is 0. The number of hydrogen-bond donors (Lipinski definition) is 0. The zero-order valence-electron chi connectivity index (χ0n) is 11.4. The van der Waals surface area contributed by atoms with E-state index in [1.165, 1.54) is 0 Å². The summed E-state index contributed by atoms with van der Waals surface area (Å²) in [5.41, 5.74) is 0. The molecule has 6 atom stereocenters. The van der Waals surface area contributed by atoms with E-state index in [0.717, 1.165) is 24.3 Å². The summed E-state index contributed by atoms with van der Waals surface area (Å²) in [6.45, 7) is -3.36. The zero-order chi connectivity index (χ0) is 16.9. The van der Waals surface area contributed by atoms with Crippen LogP contribution in [0.4, 0.5) is 35.1 Å². The van der Waals surface area contributed by atoms with Gasteiger partial charge in [-0.3, -0.25) is 0 Å². The highest BCUT2D eigenvalue weighted by molar-refractivity contribution is 5.18. The van der Waals surface area contributed by atoms with Crippen LogP contribution in [-0.4, -0.2) is 50.4 Å². The second kappa shape index (κ2) is 8.53. The van der Waals surface area contributed by atoms with E-state index in [0.29, 0.717) is 0 Å². The molecule has 6 unspecified atom stereocenters. The summed E-state index contributed by atoms with van der Waals surface area (Å²) in [6, 6.07) is 0. The molecule has 0 amide bonds. The predicted molar refractivity (Wildman–Crippen MR) is 66.6 cm³/mol. The van der Waals surface area contributed by atoms with Crippen molar-refractivity contribution < 1.29 is 35.1 Å². The highest BCUT2D eigenvalue weighted by Gasteiger charge is 2.37. The maximum Gasteiger partial charge on any atom is 0.166 e. The van der Waals surface area contributed by atoms with Crippen LogP contribution >= 0.6 is 0 Å². The van der Waals surface area contributed by atoms with Crippen LogP contribution < -0.4 is 0 Å². The molecule has 1 aliphatic carbocycles. The van der Waals surface area contributed by atoms with E-state index in [4.69, 9.17) is 0 Å². The molecule has 0 N–H and O–H groups in total. The van der Waals surface area contributed by atoms with Gasteiger partial charge in [0, 0.05) is 11.8 Å². The van der Waals surface area contributed by atoms with E-state index in [1.807, 2.05) is 0 Å². The molecule has 0 heterocycles. The zero-order valence-corrected chi connectivity index (χ0v) is 11.4. The van der Waals surface area contributed by atoms with Crippen molar-refractivity contribution in [1.29, 1.82) is 0 Å². The summed E-state index contributed by atoms with van der Waals surface area (Å²) in [7, 11) is 0. The molecule has 0 nitrogen and oxygen atoms in total. The molecule has 0 spiro atoms. The van der Waals surface area contributed by atoms with Gasteiger partial charge in [0.05, 0.1) is 0 Å². The third-order valence-electron chi connectivity index (χ3n) is 3.44. The molecule has 8 heteroatoms. The van der Waals surface area contributed by atoms with Gasteiger partial charge in [-0.15, -0.1) is 0 Å². The molecule has 0 saturated carbocycles. The van der Waals surface area contributed by atoms with Crippen molar-refractivity contribution in [3.8, 4) is 0 Å². The second-order valence-electron chi connectivity index (χ2n) is 5.04. The summed E-state index contributed by atoms with van der Waals surface area (Å²) in [6.07, 6.45) is -11.5. The lowest BCUT2D eigenvalue weighted by atomic mass is 9.87. The lowest BCUT2D eigenvalue weighted by Gasteiger charge is -2.26. The van der Waals surface area contributed by atoms with Gasteiger partial charge in [0.2, 0.25) is 0 Å². The standard InChI is InChI=1S/C14H16F8/c15-5-9(17)13(21)11(19)7-1-2-8(4-3-7)12(20)14(22)10(18)6-16/h1-4,7-14H,5-6H2. The van der Waals surface area contributed by atoms with Gasteiger partial charge in [-0.2, -0.15) is 0 Å². The minimum atomic E-state index is -2.70. The Bertz CT molecular complexity index is 337. The van der Waals surface area contributed by atoms with Gasteiger partial charge >= 0.3 is 0 Å². The molecular weight excluding hydrogens is 320 g/mol. The molecular formula is C14H16F8. The van der Waals surface area contributed by atoms with E-state index < -0.39 is 62.2 Å². The van der Waals surface area contributed by atoms with Crippen molar-refractivity contribution >= 4 is 0 Å². The van der Waals surface area contributed by atoms with Crippen LogP contribution in [0.1, 0.15) is 0 Å². The van der Waals surface area contributed by atoms with Crippen molar-refractivity contribution in [2.24, 2.45) is 11.8 Å². The minimum Gasteiger partial charge on any atom is -0.248 e. The quantitative estimate of drug-likeness (QED) is 0.458. The smallest absolute Gasteiger partial charge is 0.166 e. The Morgan fingerprint density at radius 2 is 0.864 bits per heavy atom. The fourth-order valence-electron chi connectivity index (χ4n) is 2.06. The van der Waals surface area contributed by atoms with E-state index in [9.17, 15) is 35.1 Å². The summed E-state index contributed by atoms with van der Waals surface area (Å²) in [5, 5.41) is 0. The van der Waals surface area contributed by atoms with Gasteiger partial charge in [-0.25, -0.2) is 35.1 Å². The third-order valence-corrected chi connectivity index (χ3v) is 3.44.